The lowest BCUT2D eigenvalue weighted by Gasteiger charge is -2.42. The van der Waals surface area contributed by atoms with Crippen LogP contribution in [-0.2, 0) is 0 Å². The van der Waals surface area contributed by atoms with Gasteiger partial charge in [-0.15, -0.1) is 0 Å². The molecule has 0 spiro atoms. The van der Waals surface area contributed by atoms with Crippen molar-refractivity contribution in [2.45, 2.75) is 18.9 Å². The Morgan fingerprint density at radius 3 is 1.60 bits per heavy atom. The number of piperazine rings is 1. The molecule has 2 aliphatic rings. The van der Waals surface area contributed by atoms with Gasteiger partial charge >= 0.3 is 0 Å². The summed E-state index contributed by atoms with van der Waals surface area (Å²) in [5.41, 5.74) is 4.16. The Bertz CT molecular complexity index is 1480. The van der Waals surface area contributed by atoms with Gasteiger partial charge in [-0.1, -0.05) is 18.2 Å². The zero-order valence-electron chi connectivity index (χ0n) is 23.4. The van der Waals surface area contributed by atoms with Crippen LogP contribution in [0.3, 0.4) is 0 Å². The normalized spacial score (nSPS) is 16.4. The van der Waals surface area contributed by atoms with E-state index in [0.29, 0.717) is 36.1 Å². The molecule has 0 radical (unpaired) electrons. The van der Waals surface area contributed by atoms with Crippen molar-refractivity contribution in [1.82, 2.24) is 19.7 Å². The highest BCUT2D eigenvalue weighted by atomic mass is 16.3. The molecule has 4 aromatic rings. The van der Waals surface area contributed by atoms with Crippen molar-refractivity contribution >= 4 is 11.8 Å². The predicted octanol–water partition coefficient (Wildman–Crippen LogP) is 4.89. The minimum absolute atomic E-state index is 0.0413. The van der Waals surface area contributed by atoms with Crippen LogP contribution in [0.4, 0.5) is 0 Å². The fourth-order valence-electron chi connectivity index (χ4n) is 5.88. The van der Waals surface area contributed by atoms with Gasteiger partial charge in [-0.05, 0) is 85.6 Å². The lowest BCUT2D eigenvalue weighted by atomic mass is 10.0. The Hall–Kier alpha value is -4.69. The van der Waals surface area contributed by atoms with Crippen LogP contribution >= 0.6 is 0 Å². The van der Waals surface area contributed by atoms with E-state index in [0.717, 1.165) is 55.7 Å². The molecule has 3 heterocycles. The number of benzene rings is 3. The molecular formula is C34H34N4O4. The Balaban J connectivity index is 1.13. The average Bonchev–Trinajstić information content (AvgIpc) is 3.05. The van der Waals surface area contributed by atoms with E-state index in [2.05, 4.69) is 4.90 Å². The predicted molar refractivity (Wildman–Crippen MR) is 161 cm³/mol. The number of hydrogen-bond acceptors (Lipinski definition) is 6. The van der Waals surface area contributed by atoms with E-state index in [-0.39, 0.29) is 23.3 Å². The number of likely N-dealkylation sites (tertiary alicyclic amines) is 1. The first-order valence-corrected chi connectivity index (χ1v) is 14.4. The number of rotatable bonds is 5. The third kappa shape index (κ3) is 5.99. The fourth-order valence-corrected chi connectivity index (χ4v) is 5.88. The quantitative estimate of drug-likeness (QED) is 0.360. The van der Waals surface area contributed by atoms with Crippen LogP contribution in [0, 0.1) is 0 Å². The second-order valence-electron chi connectivity index (χ2n) is 10.9. The lowest BCUT2D eigenvalue weighted by Crippen LogP contribution is -2.54. The topological polar surface area (TPSA) is 97.2 Å². The van der Waals surface area contributed by atoms with Crippen molar-refractivity contribution in [2.75, 3.05) is 39.3 Å². The summed E-state index contributed by atoms with van der Waals surface area (Å²) in [5, 5.41) is 19.5. The first-order chi connectivity index (χ1) is 20.4. The molecule has 2 N–H and O–H groups in total. The number of aromatic nitrogens is 1. The van der Waals surface area contributed by atoms with E-state index in [4.69, 9.17) is 4.98 Å². The number of nitrogens with zero attached hydrogens (tertiary/aromatic N) is 4. The van der Waals surface area contributed by atoms with Crippen molar-refractivity contribution in [3.63, 3.8) is 0 Å². The molecule has 0 unspecified atom stereocenters. The minimum atomic E-state index is -0.0413. The first kappa shape index (κ1) is 27.5. The molecule has 1 aromatic heterocycles. The molecule has 6 rings (SSSR count). The Morgan fingerprint density at radius 2 is 1.07 bits per heavy atom. The van der Waals surface area contributed by atoms with Gasteiger partial charge < -0.3 is 20.0 Å². The van der Waals surface area contributed by atoms with Gasteiger partial charge in [-0.3, -0.25) is 14.5 Å². The Morgan fingerprint density at radius 1 is 0.595 bits per heavy atom. The second kappa shape index (κ2) is 12.0. The summed E-state index contributed by atoms with van der Waals surface area (Å²) in [6, 6.07) is 27.0. The molecule has 2 aliphatic heterocycles. The third-order valence-corrected chi connectivity index (χ3v) is 8.29. The maximum atomic E-state index is 13.8. The second-order valence-corrected chi connectivity index (χ2v) is 10.9. The Kier molecular flexibility index (Phi) is 7.88. The van der Waals surface area contributed by atoms with Gasteiger partial charge in [0.15, 0.2) is 0 Å². The lowest BCUT2D eigenvalue weighted by molar-refractivity contribution is 0.0412. The fraction of sp³-hybridized carbons (Fsp3) is 0.265. The molecule has 2 amide bonds. The molecule has 0 saturated carbocycles. The van der Waals surface area contributed by atoms with Crippen molar-refractivity contribution < 1.29 is 19.8 Å². The van der Waals surface area contributed by atoms with Gasteiger partial charge in [0, 0.05) is 67.6 Å². The number of phenols is 2. The number of hydrogen-bond donors (Lipinski definition) is 2. The molecule has 3 aromatic carbocycles. The summed E-state index contributed by atoms with van der Waals surface area (Å²) < 4.78 is 0. The molecule has 2 fully saturated rings. The van der Waals surface area contributed by atoms with Crippen molar-refractivity contribution in [3.8, 4) is 34.0 Å². The number of pyridine rings is 1. The van der Waals surface area contributed by atoms with E-state index in [1.807, 2.05) is 52.3 Å². The van der Waals surface area contributed by atoms with E-state index in [1.165, 1.54) is 0 Å². The number of amides is 2. The molecule has 8 heteroatoms. The molecule has 214 valence electrons. The minimum Gasteiger partial charge on any atom is -0.508 e. The number of piperidine rings is 1. The zero-order chi connectivity index (χ0) is 29.1. The van der Waals surface area contributed by atoms with Crippen LogP contribution in [0.1, 0.15) is 33.6 Å². The highest BCUT2D eigenvalue weighted by Crippen LogP contribution is 2.28. The van der Waals surface area contributed by atoms with Gasteiger partial charge in [0.05, 0.1) is 11.4 Å². The third-order valence-electron chi connectivity index (χ3n) is 8.29. The van der Waals surface area contributed by atoms with Crippen LogP contribution in [0.5, 0.6) is 11.5 Å². The van der Waals surface area contributed by atoms with Crippen LogP contribution in [0.25, 0.3) is 22.5 Å². The highest BCUT2D eigenvalue weighted by Gasteiger charge is 2.31. The number of phenolic OH excluding ortho intramolecular Hbond substituents is 2. The van der Waals surface area contributed by atoms with Crippen LogP contribution in [-0.4, -0.2) is 87.0 Å². The summed E-state index contributed by atoms with van der Waals surface area (Å²) in [6.07, 6.45) is 1.87. The maximum absolute atomic E-state index is 13.8. The zero-order valence-corrected chi connectivity index (χ0v) is 23.4. The number of carbonyl (C=O) groups excluding carboxylic acids is 2. The van der Waals surface area contributed by atoms with Crippen molar-refractivity contribution in [3.05, 3.63) is 102 Å². The molecule has 42 heavy (non-hydrogen) atoms. The molecule has 2 saturated heterocycles. The summed E-state index contributed by atoms with van der Waals surface area (Å²) in [6.45, 7) is 4.34. The van der Waals surface area contributed by atoms with E-state index >= 15 is 0 Å². The standard InChI is InChI=1S/C34H34N4O4/c39-29-10-6-24(7-11-29)31-22-27(23-32(35-31)25-8-12-30(40)13-9-25)34(42)38-20-18-36(19-21-38)28-14-16-37(17-15-28)33(41)26-4-2-1-3-5-26/h1-13,22-23,28,39-40H,14-21H2. The summed E-state index contributed by atoms with van der Waals surface area (Å²) in [5.74, 6) is 0.382. The van der Waals surface area contributed by atoms with Gasteiger partial charge in [-0.25, -0.2) is 4.98 Å². The SMILES string of the molecule is O=C(c1ccccc1)N1CCC(N2CCN(C(=O)c3cc(-c4ccc(O)cc4)nc(-c4ccc(O)cc4)c3)CC2)CC1. The van der Waals surface area contributed by atoms with Gasteiger partial charge in [0.25, 0.3) is 11.8 Å². The summed E-state index contributed by atoms with van der Waals surface area (Å²) >= 11 is 0. The molecule has 0 atom stereocenters. The van der Waals surface area contributed by atoms with Crippen LogP contribution in [0.2, 0.25) is 0 Å². The monoisotopic (exact) mass is 562 g/mol. The molecule has 0 bridgehead atoms. The van der Waals surface area contributed by atoms with E-state index in [9.17, 15) is 19.8 Å². The smallest absolute Gasteiger partial charge is 0.254 e. The number of carbonyl (C=O) groups is 2. The van der Waals surface area contributed by atoms with Crippen molar-refractivity contribution in [1.29, 1.82) is 0 Å². The summed E-state index contributed by atoms with van der Waals surface area (Å²) in [7, 11) is 0. The van der Waals surface area contributed by atoms with Crippen molar-refractivity contribution in [2.24, 2.45) is 0 Å². The summed E-state index contributed by atoms with van der Waals surface area (Å²) in [4.78, 5) is 37.7. The largest absolute Gasteiger partial charge is 0.508 e. The molecule has 8 nitrogen and oxygen atoms in total. The van der Waals surface area contributed by atoms with Crippen LogP contribution < -0.4 is 0 Å². The first-order valence-electron chi connectivity index (χ1n) is 14.4. The van der Waals surface area contributed by atoms with Gasteiger partial charge in [-0.2, -0.15) is 0 Å². The molecular weight excluding hydrogens is 528 g/mol. The molecule has 0 aliphatic carbocycles. The maximum Gasteiger partial charge on any atom is 0.254 e. The van der Waals surface area contributed by atoms with Crippen LogP contribution in [0.15, 0.2) is 91.0 Å². The average molecular weight is 563 g/mol. The number of aromatic hydroxyl groups is 2. The van der Waals surface area contributed by atoms with Gasteiger partial charge in [0.2, 0.25) is 0 Å². The Labute approximate surface area is 245 Å². The van der Waals surface area contributed by atoms with E-state index in [1.54, 1.807) is 48.5 Å². The highest BCUT2D eigenvalue weighted by molar-refractivity contribution is 5.96. The van der Waals surface area contributed by atoms with E-state index < -0.39 is 0 Å². The van der Waals surface area contributed by atoms with Gasteiger partial charge in [0.1, 0.15) is 11.5 Å².